The van der Waals surface area contributed by atoms with Gasteiger partial charge in [0.25, 0.3) is 0 Å². The summed E-state index contributed by atoms with van der Waals surface area (Å²) in [6.07, 6.45) is 5.18. The molecule has 0 amide bonds. The highest BCUT2D eigenvalue weighted by Crippen LogP contribution is 1.91. The number of nitrogens with one attached hydrogen (secondary N) is 1. The van der Waals surface area contributed by atoms with Crippen LogP contribution in [0.3, 0.4) is 0 Å². The van der Waals surface area contributed by atoms with E-state index in [0.29, 0.717) is 0 Å². The van der Waals surface area contributed by atoms with Crippen LogP contribution in [0.25, 0.3) is 0 Å². The Labute approximate surface area is 72.4 Å². The van der Waals surface area contributed by atoms with Gasteiger partial charge in [0.05, 0.1) is 0 Å². The summed E-state index contributed by atoms with van der Waals surface area (Å²) >= 11 is 0. The molecule has 0 aromatic carbocycles. The van der Waals surface area contributed by atoms with Crippen LogP contribution in [-0.4, -0.2) is 30.7 Å². The molecular weight excluding hydrogens is 156 g/mol. The molecular formula is C8H16N2O2. The Morgan fingerprint density at radius 1 is 1.75 bits per heavy atom. The monoisotopic (exact) mass is 172 g/mol. The van der Waals surface area contributed by atoms with Crippen LogP contribution in [0.5, 0.6) is 0 Å². The molecule has 0 fully saturated rings. The van der Waals surface area contributed by atoms with Gasteiger partial charge in [0.1, 0.15) is 6.04 Å². The fourth-order valence-corrected chi connectivity index (χ4v) is 0.722. The average Bonchev–Trinajstić information content (AvgIpc) is 2.03. The Morgan fingerprint density at radius 3 is 2.92 bits per heavy atom. The van der Waals surface area contributed by atoms with Gasteiger partial charge in [-0.1, -0.05) is 12.2 Å². The van der Waals surface area contributed by atoms with Crippen molar-refractivity contribution >= 4 is 5.97 Å². The molecule has 0 saturated carbocycles. The van der Waals surface area contributed by atoms with Gasteiger partial charge in [0, 0.05) is 0 Å². The zero-order valence-electron chi connectivity index (χ0n) is 7.29. The lowest BCUT2D eigenvalue weighted by molar-refractivity contribution is -0.137. The summed E-state index contributed by atoms with van der Waals surface area (Å²) in [6, 6.07) is -0.861. The first-order valence-electron chi connectivity index (χ1n) is 3.98. The van der Waals surface area contributed by atoms with Gasteiger partial charge in [-0.25, -0.2) is 0 Å². The molecule has 0 aromatic rings. The van der Waals surface area contributed by atoms with Crippen molar-refractivity contribution in [2.75, 3.05) is 13.6 Å². The third kappa shape index (κ3) is 5.88. The Hall–Kier alpha value is -0.870. The lowest BCUT2D eigenvalue weighted by atomic mass is 10.2. The van der Waals surface area contributed by atoms with Crippen molar-refractivity contribution in [3.63, 3.8) is 0 Å². The van der Waals surface area contributed by atoms with Crippen LogP contribution in [0, 0.1) is 0 Å². The summed E-state index contributed by atoms with van der Waals surface area (Å²) in [5, 5.41) is 11.4. The highest BCUT2D eigenvalue weighted by molar-refractivity contribution is 5.75. The number of hydrogen-bond acceptors (Lipinski definition) is 3. The first-order chi connectivity index (χ1) is 5.68. The van der Waals surface area contributed by atoms with Crippen molar-refractivity contribution < 1.29 is 9.90 Å². The average molecular weight is 172 g/mol. The minimum Gasteiger partial charge on any atom is -0.480 e. The maximum Gasteiger partial charge on any atom is 0.324 e. The van der Waals surface area contributed by atoms with Crippen LogP contribution in [-0.2, 0) is 4.79 Å². The van der Waals surface area contributed by atoms with Gasteiger partial charge < -0.3 is 16.2 Å². The van der Waals surface area contributed by atoms with E-state index in [-0.39, 0.29) is 0 Å². The fourth-order valence-electron chi connectivity index (χ4n) is 0.722. The van der Waals surface area contributed by atoms with Gasteiger partial charge >= 0.3 is 5.97 Å². The minimum absolute atomic E-state index is 0.861. The van der Waals surface area contributed by atoms with E-state index in [1.54, 1.807) is 6.08 Å². The number of allylic oxidation sites excluding steroid dienone is 1. The van der Waals surface area contributed by atoms with Crippen molar-refractivity contribution in [3.05, 3.63) is 12.2 Å². The van der Waals surface area contributed by atoms with E-state index in [0.717, 1.165) is 19.4 Å². The molecule has 0 heterocycles. The van der Waals surface area contributed by atoms with Crippen LogP contribution >= 0.6 is 0 Å². The lowest BCUT2D eigenvalue weighted by Gasteiger charge is -1.97. The Kier molecular flexibility index (Phi) is 6.32. The Morgan fingerprint density at radius 2 is 2.42 bits per heavy atom. The molecule has 0 aliphatic carbocycles. The lowest BCUT2D eigenvalue weighted by Crippen LogP contribution is -2.27. The van der Waals surface area contributed by atoms with E-state index in [1.807, 2.05) is 7.05 Å². The van der Waals surface area contributed by atoms with Crippen LogP contribution in [0.2, 0.25) is 0 Å². The summed E-state index contributed by atoms with van der Waals surface area (Å²) in [5.74, 6) is -0.986. The summed E-state index contributed by atoms with van der Waals surface area (Å²) in [7, 11) is 1.88. The van der Waals surface area contributed by atoms with Crippen molar-refractivity contribution in [2.45, 2.75) is 18.9 Å². The van der Waals surface area contributed by atoms with Gasteiger partial charge in [-0.3, -0.25) is 4.79 Å². The molecule has 0 radical (unpaired) electrons. The SMILES string of the molecule is CNCCC/C=C\C(N)C(=O)O. The van der Waals surface area contributed by atoms with E-state index >= 15 is 0 Å². The Bertz CT molecular complexity index is 157. The van der Waals surface area contributed by atoms with Crippen molar-refractivity contribution in [2.24, 2.45) is 5.73 Å². The van der Waals surface area contributed by atoms with Crippen molar-refractivity contribution in [1.82, 2.24) is 5.32 Å². The second-order valence-corrected chi connectivity index (χ2v) is 2.54. The van der Waals surface area contributed by atoms with Crippen molar-refractivity contribution in [1.29, 1.82) is 0 Å². The second-order valence-electron chi connectivity index (χ2n) is 2.54. The van der Waals surface area contributed by atoms with Crippen LogP contribution in [0.4, 0.5) is 0 Å². The van der Waals surface area contributed by atoms with E-state index in [1.165, 1.54) is 6.08 Å². The van der Waals surface area contributed by atoms with E-state index in [2.05, 4.69) is 5.32 Å². The highest BCUT2D eigenvalue weighted by Gasteiger charge is 2.04. The summed E-state index contributed by atoms with van der Waals surface area (Å²) in [4.78, 5) is 10.2. The number of aliphatic carboxylic acids is 1. The number of carboxylic acid groups (broad SMARTS) is 1. The summed E-state index contributed by atoms with van der Waals surface area (Å²) in [5.41, 5.74) is 5.23. The van der Waals surface area contributed by atoms with E-state index in [9.17, 15) is 4.79 Å². The molecule has 0 spiro atoms. The molecule has 0 aliphatic rings. The largest absolute Gasteiger partial charge is 0.480 e. The molecule has 1 unspecified atom stereocenters. The standard InChI is InChI=1S/C8H16N2O2/c1-10-6-4-2-3-5-7(9)8(11)12/h3,5,7,10H,2,4,6,9H2,1H3,(H,11,12)/b5-3-. The van der Waals surface area contributed by atoms with Gasteiger partial charge in [-0.05, 0) is 26.4 Å². The molecule has 0 bridgehead atoms. The maximum absolute atomic E-state index is 10.2. The van der Waals surface area contributed by atoms with Crippen LogP contribution in [0.1, 0.15) is 12.8 Å². The maximum atomic E-state index is 10.2. The summed E-state index contributed by atoms with van der Waals surface area (Å²) in [6.45, 7) is 0.937. The van der Waals surface area contributed by atoms with Gasteiger partial charge in [-0.2, -0.15) is 0 Å². The molecule has 0 aromatic heterocycles. The van der Waals surface area contributed by atoms with E-state index < -0.39 is 12.0 Å². The molecule has 70 valence electrons. The number of carboxylic acids is 1. The molecule has 12 heavy (non-hydrogen) atoms. The Balaban J connectivity index is 3.41. The van der Waals surface area contributed by atoms with Gasteiger partial charge in [-0.15, -0.1) is 0 Å². The molecule has 4 nitrogen and oxygen atoms in total. The number of unbranched alkanes of at least 4 members (excludes halogenated alkanes) is 1. The second kappa shape index (κ2) is 6.82. The molecule has 4 heteroatoms. The fraction of sp³-hybridized carbons (Fsp3) is 0.625. The minimum atomic E-state index is -0.986. The van der Waals surface area contributed by atoms with Crippen molar-refractivity contribution in [3.8, 4) is 0 Å². The topological polar surface area (TPSA) is 75.3 Å². The third-order valence-corrected chi connectivity index (χ3v) is 1.43. The first kappa shape index (κ1) is 11.1. The zero-order valence-corrected chi connectivity index (χ0v) is 7.29. The highest BCUT2D eigenvalue weighted by atomic mass is 16.4. The number of rotatable bonds is 6. The zero-order chi connectivity index (χ0) is 9.40. The van der Waals surface area contributed by atoms with Crippen LogP contribution < -0.4 is 11.1 Å². The predicted molar refractivity (Wildman–Crippen MR) is 47.9 cm³/mol. The molecule has 4 N–H and O–H groups in total. The summed E-state index contributed by atoms with van der Waals surface area (Å²) < 4.78 is 0. The molecule has 0 rings (SSSR count). The normalized spacial score (nSPS) is 13.5. The smallest absolute Gasteiger partial charge is 0.324 e. The van der Waals surface area contributed by atoms with E-state index in [4.69, 9.17) is 10.8 Å². The molecule has 1 atom stereocenters. The number of nitrogens with two attached hydrogens (primary N) is 1. The first-order valence-corrected chi connectivity index (χ1v) is 3.98. The predicted octanol–water partition coefficient (Wildman–Crippen LogP) is -0.0459. The third-order valence-electron chi connectivity index (χ3n) is 1.43. The number of hydrogen-bond donors (Lipinski definition) is 3. The molecule has 0 saturated heterocycles. The molecule has 0 aliphatic heterocycles. The quantitative estimate of drug-likeness (QED) is 0.388. The van der Waals surface area contributed by atoms with Gasteiger partial charge in [0.15, 0.2) is 0 Å². The number of carbonyl (C=O) groups is 1. The van der Waals surface area contributed by atoms with Crippen LogP contribution in [0.15, 0.2) is 12.2 Å². The van der Waals surface area contributed by atoms with Gasteiger partial charge in [0.2, 0.25) is 0 Å².